The van der Waals surface area contributed by atoms with Crippen LogP contribution in [0.25, 0.3) is 0 Å². The lowest BCUT2D eigenvalue weighted by Crippen LogP contribution is -2.17. The summed E-state index contributed by atoms with van der Waals surface area (Å²) in [6.45, 7) is 1.74. The number of pyridine rings is 1. The van der Waals surface area contributed by atoms with Gasteiger partial charge in [-0.15, -0.1) is 0 Å². The Bertz CT molecular complexity index is 763. The summed E-state index contributed by atoms with van der Waals surface area (Å²) in [7, 11) is -3.96. The highest BCUT2D eigenvalue weighted by atomic mass is 35.5. The summed E-state index contributed by atoms with van der Waals surface area (Å²) in [6.07, 6.45) is 1.34. The zero-order valence-corrected chi connectivity index (χ0v) is 12.7. The van der Waals surface area contributed by atoms with Crippen LogP contribution in [0.2, 0.25) is 10.0 Å². The van der Waals surface area contributed by atoms with Gasteiger partial charge in [-0.2, -0.15) is 8.42 Å². The van der Waals surface area contributed by atoms with Gasteiger partial charge in [-0.1, -0.05) is 29.3 Å². The molecule has 0 bridgehead atoms. The first kappa shape index (κ1) is 14.9. The van der Waals surface area contributed by atoms with Crippen LogP contribution in [0.3, 0.4) is 0 Å². The number of benzene rings is 1. The molecule has 0 spiro atoms. The zero-order valence-electron chi connectivity index (χ0n) is 10.4. The predicted octanol–water partition coefficient (Wildman–Crippen LogP) is 3.08. The fraction of sp³-hybridized carbons (Fsp3) is 0.0833. The molecule has 5 nitrogen and oxygen atoms in total. The Balaban J connectivity index is 2.50. The number of aryl methyl sites for hydroxylation is 1. The Labute approximate surface area is 126 Å². The molecule has 1 aromatic carbocycles. The maximum absolute atomic E-state index is 12.3. The molecule has 2 aromatic rings. The molecule has 0 unspecified atom stereocenters. The second-order valence-corrected chi connectivity index (χ2v) is 6.44. The maximum atomic E-state index is 12.3. The fourth-order valence-electron chi connectivity index (χ4n) is 1.56. The van der Waals surface area contributed by atoms with E-state index in [0.29, 0.717) is 5.56 Å². The number of sulfonamides is 1. The van der Waals surface area contributed by atoms with Gasteiger partial charge in [0.1, 0.15) is 0 Å². The van der Waals surface area contributed by atoms with Crippen molar-refractivity contribution in [2.75, 3.05) is 10.5 Å². The summed E-state index contributed by atoms with van der Waals surface area (Å²) in [4.78, 5) is 3.77. The lowest BCUT2D eigenvalue weighted by atomic mass is 10.2. The van der Waals surface area contributed by atoms with Crippen LogP contribution >= 0.6 is 23.2 Å². The molecule has 0 aliphatic heterocycles. The van der Waals surface area contributed by atoms with Crippen LogP contribution in [0, 0.1) is 6.92 Å². The van der Waals surface area contributed by atoms with Crippen molar-refractivity contribution in [1.82, 2.24) is 4.98 Å². The van der Waals surface area contributed by atoms with Gasteiger partial charge in [-0.25, -0.2) is 4.98 Å². The summed E-state index contributed by atoms with van der Waals surface area (Å²) < 4.78 is 26.9. The van der Waals surface area contributed by atoms with Gasteiger partial charge in [0.15, 0.2) is 5.03 Å². The van der Waals surface area contributed by atoms with E-state index in [2.05, 4.69) is 9.71 Å². The van der Waals surface area contributed by atoms with E-state index in [0.717, 1.165) is 0 Å². The largest absolute Gasteiger partial charge is 0.396 e. The molecule has 0 fully saturated rings. The zero-order chi connectivity index (χ0) is 14.9. The topological polar surface area (TPSA) is 85.1 Å². The minimum absolute atomic E-state index is 0.0416. The standard InChI is InChI=1S/C12H11Cl2N3O2S/c1-7-4-5-8(13)11(10(7)14)17-20(18,19)12-9(15)3-2-6-16-12/h2-6,17H,15H2,1H3. The van der Waals surface area contributed by atoms with Gasteiger partial charge < -0.3 is 5.73 Å². The van der Waals surface area contributed by atoms with Crippen molar-refractivity contribution in [2.24, 2.45) is 0 Å². The monoisotopic (exact) mass is 331 g/mol. The van der Waals surface area contributed by atoms with Crippen molar-refractivity contribution in [2.45, 2.75) is 11.9 Å². The quantitative estimate of drug-likeness (QED) is 0.904. The van der Waals surface area contributed by atoms with Crippen LogP contribution in [0.5, 0.6) is 0 Å². The molecule has 0 aliphatic carbocycles. The highest BCUT2D eigenvalue weighted by molar-refractivity contribution is 7.92. The second kappa shape index (κ2) is 5.47. The number of halogens is 2. The summed E-state index contributed by atoms with van der Waals surface area (Å²) in [5.41, 5.74) is 6.47. The van der Waals surface area contributed by atoms with Crippen molar-refractivity contribution < 1.29 is 8.42 Å². The molecule has 0 aliphatic rings. The highest BCUT2D eigenvalue weighted by Crippen LogP contribution is 2.34. The molecule has 106 valence electrons. The molecule has 20 heavy (non-hydrogen) atoms. The van der Waals surface area contributed by atoms with Crippen molar-refractivity contribution in [3.8, 4) is 0 Å². The minimum Gasteiger partial charge on any atom is -0.396 e. The third kappa shape index (κ3) is 2.82. The van der Waals surface area contributed by atoms with E-state index in [1.165, 1.54) is 12.3 Å². The van der Waals surface area contributed by atoms with Gasteiger partial charge in [-0.3, -0.25) is 4.72 Å². The molecule has 3 N–H and O–H groups in total. The van der Waals surface area contributed by atoms with Crippen LogP contribution in [0.1, 0.15) is 5.56 Å². The highest BCUT2D eigenvalue weighted by Gasteiger charge is 2.22. The Morgan fingerprint density at radius 2 is 1.95 bits per heavy atom. The number of anilines is 2. The molecular formula is C12H11Cl2N3O2S. The van der Waals surface area contributed by atoms with Crippen LogP contribution in [0.4, 0.5) is 11.4 Å². The Hall–Kier alpha value is -1.50. The lowest BCUT2D eigenvalue weighted by Gasteiger charge is -2.13. The summed E-state index contributed by atoms with van der Waals surface area (Å²) in [6, 6.07) is 6.24. The first-order valence-corrected chi connectivity index (χ1v) is 7.75. The summed E-state index contributed by atoms with van der Waals surface area (Å²) in [5, 5.41) is 0.155. The average Bonchev–Trinajstić information content (AvgIpc) is 2.39. The van der Waals surface area contributed by atoms with Gasteiger partial charge in [-0.05, 0) is 30.7 Å². The van der Waals surface area contributed by atoms with Crippen LogP contribution < -0.4 is 10.5 Å². The van der Waals surface area contributed by atoms with E-state index in [1.807, 2.05) is 0 Å². The summed E-state index contributed by atoms with van der Waals surface area (Å²) in [5.74, 6) is 0. The third-order valence-corrected chi connectivity index (χ3v) is 4.70. The molecule has 0 radical (unpaired) electrons. The SMILES string of the molecule is Cc1ccc(Cl)c(NS(=O)(=O)c2ncccc2N)c1Cl. The first-order valence-electron chi connectivity index (χ1n) is 5.51. The Morgan fingerprint density at radius 1 is 1.25 bits per heavy atom. The van der Waals surface area contributed by atoms with Gasteiger partial charge in [0.05, 0.1) is 21.4 Å². The molecule has 0 saturated heterocycles. The fourth-order valence-corrected chi connectivity index (χ4v) is 3.29. The number of hydrogen-bond donors (Lipinski definition) is 2. The van der Waals surface area contributed by atoms with Gasteiger partial charge in [0.2, 0.25) is 0 Å². The van der Waals surface area contributed by atoms with E-state index in [1.54, 1.807) is 25.1 Å². The normalized spacial score (nSPS) is 11.3. The number of nitrogen functional groups attached to an aromatic ring is 1. The molecule has 8 heteroatoms. The molecule has 0 amide bonds. The second-order valence-electron chi connectivity index (χ2n) is 4.06. The Morgan fingerprint density at radius 3 is 2.60 bits per heavy atom. The van der Waals surface area contributed by atoms with E-state index < -0.39 is 10.0 Å². The number of rotatable bonds is 3. The number of hydrogen-bond acceptors (Lipinski definition) is 4. The number of nitrogens with one attached hydrogen (secondary N) is 1. The molecule has 1 aromatic heterocycles. The number of aromatic nitrogens is 1. The Kier molecular flexibility index (Phi) is 4.08. The minimum atomic E-state index is -3.96. The lowest BCUT2D eigenvalue weighted by molar-refractivity contribution is 0.598. The van der Waals surface area contributed by atoms with Gasteiger partial charge >= 0.3 is 0 Å². The van der Waals surface area contributed by atoms with E-state index in [4.69, 9.17) is 28.9 Å². The first-order chi connectivity index (χ1) is 9.33. The number of nitrogens with two attached hydrogens (primary N) is 1. The third-order valence-electron chi connectivity index (χ3n) is 2.58. The van der Waals surface area contributed by atoms with Crippen molar-refractivity contribution in [3.05, 3.63) is 46.1 Å². The molecule has 2 rings (SSSR count). The molecule has 1 heterocycles. The van der Waals surface area contributed by atoms with Gasteiger partial charge in [0, 0.05) is 6.20 Å². The molecular weight excluding hydrogens is 321 g/mol. The van der Waals surface area contributed by atoms with E-state index >= 15 is 0 Å². The van der Waals surface area contributed by atoms with Crippen molar-refractivity contribution in [3.63, 3.8) is 0 Å². The van der Waals surface area contributed by atoms with Gasteiger partial charge in [0.25, 0.3) is 10.0 Å². The van der Waals surface area contributed by atoms with Crippen LogP contribution in [-0.2, 0) is 10.0 Å². The van der Waals surface area contributed by atoms with E-state index in [9.17, 15) is 8.42 Å². The summed E-state index contributed by atoms with van der Waals surface area (Å²) >= 11 is 12.0. The maximum Gasteiger partial charge on any atom is 0.281 e. The molecule has 0 saturated carbocycles. The molecule has 0 atom stereocenters. The number of nitrogens with zero attached hydrogens (tertiary/aromatic N) is 1. The van der Waals surface area contributed by atoms with Crippen LogP contribution in [-0.4, -0.2) is 13.4 Å². The van der Waals surface area contributed by atoms with Crippen molar-refractivity contribution >= 4 is 44.6 Å². The van der Waals surface area contributed by atoms with E-state index in [-0.39, 0.29) is 26.4 Å². The smallest absolute Gasteiger partial charge is 0.281 e. The van der Waals surface area contributed by atoms with Crippen molar-refractivity contribution in [1.29, 1.82) is 0 Å². The predicted molar refractivity (Wildman–Crippen MR) is 80.7 cm³/mol. The average molecular weight is 332 g/mol. The van der Waals surface area contributed by atoms with Crippen LogP contribution in [0.15, 0.2) is 35.5 Å².